The van der Waals surface area contributed by atoms with Crippen LogP contribution in [0.25, 0.3) is 0 Å². The Morgan fingerprint density at radius 2 is 2.05 bits per heavy atom. The number of nitrogens with zero attached hydrogens (tertiary/aromatic N) is 1. The topological polar surface area (TPSA) is 119 Å². The SMILES string of the molecule is NCC1CCN(C(=O)NCc2ccc(S(N)(=O)=O)s2)CC1. The Morgan fingerprint density at radius 1 is 1.38 bits per heavy atom. The van der Waals surface area contributed by atoms with Crippen molar-refractivity contribution in [2.24, 2.45) is 16.8 Å². The van der Waals surface area contributed by atoms with Gasteiger partial charge < -0.3 is 16.0 Å². The maximum atomic E-state index is 12.0. The van der Waals surface area contributed by atoms with Crippen LogP contribution in [-0.4, -0.2) is 39.0 Å². The summed E-state index contributed by atoms with van der Waals surface area (Å²) in [5.74, 6) is 0.503. The average Bonchev–Trinajstić information content (AvgIpc) is 2.94. The number of amides is 2. The van der Waals surface area contributed by atoms with Crippen molar-refractivity contribution in [1.82, 2.24) is 10.2 Å². The lowest BCUT2D eigenvalue weighted by molar-refractivity contribution is 0.171. The molecule has 0 atom stereocenters. The zero-order valence-electron chi connectivity index (χ0n) is 11.6. The van der Waals surface area contributed by atoms with E-state index in [0.717, 1.165) is 29.1 Å². The molecule has 1 saturated heterocycles. The van der Waals surface area contributed by atoms with Crippen molar-refractivity contribution in [2.45, 2.75) is 23.6 Å². The van der Waals surface area contributed by atoms with Crippen LogP contribution in [0, 0.1) is 5.92 Å². The van der Waals surface area contributed by atoms with Crippen LogP contribution in [0.1, 0.15) is 17.7 Å². The van der Waals surface area contributed by atoms with Crippen LogP contribution in [0.3, 0.4) is 0 Å². The molecule has 2 rings (SSSR count). The number of rotatable bonds is 4. The molecule has 1 aromatic rings. The number of carbonyl (C=O) groups is 1. The van der Waals surface area contributed by atoms with Gasteiger partial charge in [-0.3, -0.25) is 0 Å². The monoisotopic (exact) mass is 332 g/mol. The molecular formula is C12H20N4O3S2. The number of nitrogens with one attached hydrogen (secondary N) is 1. The van der Waals surface area contributed by atoms with Crippen molar-refractivity contribution in [1.29, 1.82) is 0 Å². The fourth-order valence-electron chi connectivity index (χ4n) is 2.25. The zero-order valence-corrected chi connectivity index (χ0v) is 13.3. The van der Waals surface area contributed by atoms with E-state index < -0.39 is 10.0 Å². The van der Waals surface area contributed by atoms with E-state index in [2.05, 4.69) is 5.32 Å². The molecule has 5 N–H and O–H groups in total. The van der Waals surface area contributed by atoms with E-state index in [4.69, 9.17) is 10.9 Å². The highest BCUT2D eigenvalue weighted by Gasteiger charge is 2.21. The van der Waals surface area contributed by atoms with Crippen molar-refractivity contribution < 1.29 is 13.2 Å². The van der Waals surface area contributed by atoms with Gasteiger partial charge in [-0.25, -0.2) is 18.4 Å². The molecule has 0 unspecified atom stereocenters. The lowest BCUT2D eigenvalue weighted by Gasteiger charge is -2.31. The molecule has 21 heavy (non-hydrogen) atoms. The highest BCUT2D eigenvalue weighted by molar-refractivity contribution is 7.91. The maximum absolute atomic E-state index is 12.0. The normalized spacial score (nSPS) is 17.0. The van der Waals surface area contributed by atoms with Crippen LogP contribution in [-0.2, 0) is 16.6 Å². The Bertz CT molecular complexity index is 591. The quantitative estimate of drug-likeness (QED) is 0.733. The molecular weight excluding hydrogens is 312 g/mol. The van der Waals surface area contributed by atoms with Crippen LogP contribution in [0.15, 0.2) is 16.3 Å². The van der Waals surface area contributed by atoms with Crippen LogP contribution in [0.2, 0.25) is 0 Å². The Hall–Kier alpha value is -1.16. The molecule has 2 amide bonds. The van der Waals surface area contributed by atoms with Crippen molar-refractivity contribution >= 4 is 27.4 Å². The number of thiophene rings is 1. The van der Waals surface area contributed by atoms with Gasteiger partial charge in [0.1, 0.15) is 4.21 Å². The smallest absolute Gasteiger partial charge is 0.317 e. The van der Waals surface area contributed by atoms with E-state index in [1.165, 1.54) is 6.07 Å². The second-order valence-electron chi connectivity index (χ2n) is 5.09. The molecule has 0 radical (unpaired) electrons. The molecule has 1 aliphatic heterocycles. The summed E-state index contributed by atoms with van der Waals surface area (Å²) >= 11 is 1.07. The molecule has 1 fully saturated rings. The van der Waals surface area contributed by atoms with Gasteiger partial charge in [-0.05, 0) is 37.4 Å². The standard InChI is InChI=1S/C12H20N4O3S2/c13-7-9-3-5-16(6-4-9)12(17)15-8-10-1-2-11(20-10)21(14,18)19/h1-2,9H,3-8,13H2,(H,15,17)(H2,14,18,19). The third-order valence-electron chi connectivity index (χ3n) is 3.57. The molecule has 118 valence electrons. The summed E-state index contributed by atoms with van der Waals surface area (Å²) < 4.78 is 22.5. The molecule has 9 heteroatoms. The average molecular weight is 332 g/mol. The Labute approximate surface area is 128 Å². The number of hydrogen-bond acceptors (Lipinski definition) is 5. The third kappa shape index (κ3) is 4.40. The summed E-state index contributed by atoms with van der Waals surface area (Å²) in [6.45, 7) is 2.39. The van der Waals surface area contributed by atoms with Gasteiger partial charge in [-0.15, -0.1) is 11.3 Å². The van der Waals surface area contributed by atoms with Gasteiger partial charge in [-0.2, -0.15) is 0 Å². The van der Waals surface area contributed by atoms with Crippen LogP contribution in [0.5, 0.6) is 0 Å². The highest BCUT2D eigenvalue weighted by atomic mass is 32.2. The van der Waals surface area contributed by atoms with Gasteiger partial charge in [0, 0.05) is 18.0 Å². The molecule has 1 aromatic heterocycles. The molecule has 0 bridgehead atoms. The van der Waals surface area contributed by atoms with E-state index in [1.807, 2.05) is 0 Å². The van der Waals surface area contributed by atoms with Gasteiger partial charge in [0.05, 0.1) is 6.54 Å². The highest BCUT2D eigenvalue weighted by Crippen LogP contribution is 2.20. The first-order valence-corrected chi connectivity index (χ1v) is 9.11. The Morgan fingerprint density at radius 3 is 2.57 bits per heavy atom. The van der Waals surface area contributed by atoms with Gasteiger partial charge in [0.15, 0.2) is 0 Å². The first kappa shape index (κ1) is 16.2. The number of sulfonamides is 1. The summed E-state index contributed by atoms with van der Waals surface area (Å²) in [6, 6.07) is 2.98. The summed E-state index contributed by atoms with van der Waals surface area (Å²) in [5.41, 5.74) is 5.62. The fraction of sp³-hybridized carbons (Fsp3) is 0.583. The number of primary sulfonamides is 1. The lowest BCUT2D eigenvalue weighted by Crippen LogP contribution is -2.45. The minimum absolute atomic E-state index is 0.107. The predicted molar refractivity (Wildman–Crippen MR) is 81.3 cm³/mol. The van der Waals surface area contributed by atoms with E-state index in [1.54, 1.807) is 11.0 Å². The number of piperidine rings is 1. The van der Waals surface area contributed by atoms with Crippen LogP contribution < -0.4 is 16.2 Å². The lowest BCUT2D eigenvalue weighted by atomic mass is 9.97. The van der Waals surface area contributed by atoms with Gasteiger partial charge in [0.2, 0.25) is 10.0 Å². The Kier molecular flexibility index (Phi) is 5.20. The fourth-order valence-corrected chi connectivity index (χ4v) is 3.97. The van der Waals surface area contributed by atoms with E-state index >= 15 is 0 Å². The predicted octanol–water partition coefficient (Wildman–Crippen LogP) is 0.276. The molecule has 0 aromatic carbocycles. The summed E-state index contributed by atoms with van der Waals surface area (Å²) in [5, 5.41) is 7.84. The van der Waals surface area contributed by atoms with Crippen LogP contribution >= 0.6 is 11.3 Å². The third-order valence-corrected chi connectivity index (χ3v) is 6.09. The number of likely N-dealkylation sites (tertiary alicyclic amines) is 1. The van der Waals surface area contributed by atoms with Gasteiger partial charge >= 0.3 is 6.03 Å². The minimum Gasteiger partial charge on any atom is -0.333 e. The maximum Gasteiger partial charge on any atom is 0.317 e. The number of nitrogens with two attached hydrogens (primary N) is 2. The van der Waals surface area contributed by atoms with Gasteiger partial charge in [0.25, 0.3) is 0 Å². The summed E-state index contributed by atoms with van der Waals surface area (Å²) in [7, 11) is -3.67. The van der Waals surface area contributed by atoms with Crippen molar-refractivity contribution in [3.05, 3.63) is 17.0 Å². The molecule has 0 aliphatic carbocycles. The minimum atomic E-state index is -3.67. The number of hydrogen-bond donors (Lipinski definition) is 3. The van der Waals surface area contributed by atoms with Crippen molar-refractivity contribution in [3.8, 4) is 0 Å². The molecule has 0 spiro atoms. The summed E-state index contributed by atoms with van der Waals surface area (Å²) in [6.07, 6.45) is 1.86. The second-order valence-corrected chi connectivity index (χ2v) is 8.05. The second kappa shape index (κ2) is 6.73. The van der Waals surface area contributed by atoms with Gasteiger partial charge in [-0.1, -0.05) is 0 Å². The first-order chi connectivity index (χ1) is 9.90. The number of carbonyl (C=O) groups excluding carboxylic acids is 1. The Balaban J connectivity index is 1.83. The van der Waals surface area contributed by atoms with E-state index in [-0.39, 0.29) is 10.2 Å². The van der Waals surface area contributed by atoms with Crippen LogP contribution in [0.4, 0.5) is 4.79 Å². The largest absolute Gasteiger partial charge is 0.333 e. The molecule has 1 aliphatic rings. The zero-order chi connectivity index (χ0) is 15.5. The first-order valence-electron chi connectivity index (χ1n) is 6.74. The summed E-state index contributed by atoms with van der Waals surface area (Å²) in [4.78, 5) is 14.5. The molecule has 7 nitrogen and oxygen atoms in total. The van der Waals surface area contributed by atoms with E-state index in [0.29, 0.717) is 32.1 Å². The number of urea groups is 1. The van der Waals surface area contributed by atoms with Crippen molar-refractivity contribution in [2.75, 3.05) is 19.6 Å². The van der Waals surface area contributed by atoms with E-state index in [9.17, 15) is 13.2 Å². The molecule has 0 saturated carbocycles. The molecule has 2 heterocycles. The van der Waals surface area contributed by atoms with Crippen molar-refractivity contribution in [3.63, 3.8) is 0 Å².